The Morgan fingerprint density at radius 2 is 1.91 bits per heavy atom. The van der Waals surface area contributed by atoms with Crippen molar-refractivity contribution in [2.75, 3.05) is 5.32 Å². The first-order chi connectivity index (χ1) is 10.5. The Hall–Kier alpha value is -2.07. The molecule has 112 valence electrons. The largest absolute Gasteiger partial charge is 0.464 e. The first kappa shape index (κ1) is 14.9. The van der Waals surface area contributed by atoms with Gasteiger partial charge in [0.15, 0.2) is 0 Å². The lowest BCUT2D eigenvalue weighted by Crippen LogP contribution is -2.14. The fraction of sp³-hybridized carbons (Fsp3) is 0.167. The average Bonchev–Trinajstić information content (AvgIpc) is 2.84. The lowest BCUT2D eigenvalue weighted by molar-refractivity contribution is -0.115. The summed E-state index contributed by atoms with van der Waals surface area (Å²) in [6.07, 6.45) is 1.96. The van der Waals surface area contributed by atoms with E-state index in [1.165, 1.54) is 11.1 Å². The predicted octanol–water partition coefficient (Wildman–Crippen LogP) is 4.99. The number of hydrogen-bond acceptors (Lipinski definition) is 2. The van der Waals surface area contributed by atoms with Gasteiger partial charge < -0.3 is 9.73 Å². The van der Waals surface area contributed by atoms with Gasteiger partial charge in [-0.15, -0.1) is 0 Å². The summed E-state index contributed by atoms with van der Waals surface area (Å²) >= 11 is 3.43. The van der Waals surface area contributed by atoms with Crippen LogP contribution in [0.5, 0.6) is 0 Å². The second-order valence-electron chi connectivity index (χ2n) is 5.40. The zero-order chi connectivity index (χ0) is 15.7. The molecule has 0 saturated carbocycles. The number of carbonyl (C=O) groups is 1. The highest BCUT2D eigenvalue weighted by Crippen LogP contribution is 2.26. The molecule has 0 radical (unpaired) electrons. The van der Waals surface area contributed by atoms with Crippen LogP contribution in [-0.2, 0) is 11.2 Å². The summed E-state index contributed by atoms with van der Waals surface area (Å²) in [6.45, 7) is 4.11. The summed E-state index contributed by atoms with van der Waals surface area (Å²) in [4.78, 5) is 12.3. The first-order valence-corrected chi connectivity index (χ1v) is 7.85. The fourth-order valence-electron chi connectivity index (χ4n) is 2.40. The maximum atomic E-state index is 12.3. The minimum Gasteiger partial charge on any atom is -0.464 e. The summed E-state index contributed by atoms with van der Waals surface area (Å²) in [5, 5.41) is 3.92. The monoisotopic (exact) mass is 357 g/mol. The highest BCUT2D eigenvalue weighted by atomic mass is 79.9. The molecule has 0 aliphatic carbocycles. The van der Waals surface area contributed by atoms with Gasteiger partial charge in [0.05, 0.1) is 18.4 Å². The van der Waals surface area contributed by atoms with Crippen LogP contribution in [0.4, 0.5) is 5.69 Å². The molecule has 0 bridgehead atoms. The number of aryl methyl sites for hydroxylation is 2. The highest BCUT2D eigenvalue weighted by Gasteiger charge is 2.12. The molecule has 3 rings (SSSR count). The molecule has 0 saturated heterocycles. The molecule has 3 aromatic rings. The first-order valence-electron chi connectivity index (χ1n) is 7.06. The molecule has 0 spiro atoms. The van der Waals surface area contributed by atoms with E-state index in [0.29, 0.717) is 0 Å². The van der Waals surface area contributed by atoms with Gasteiger partial charge in [0.1, 0.15) is 5.58 Å². The minimum absolute atomic E-state index is 0.0622. The lowest BCUT2D eigenvalue weighted by Gasteiger charge is -2.06. The van der Waals surface area contributed by atoms with Gasteiger partial charge in [-0.25, -0.2) is 0 Å². The van der Waals surface area contributed by atoms with Gasteiger partial charge in [0.25, 0.3) is 0 Å². The van der Waals surface area contributed by atoms with Crippen LogP contribution in [0.1, 0.15) is 16.7 Å². The summed E-state index contributed by atoms with van der Waals surface area (Å²) in [7, 11) is 0. The number of benzene rings is 2. The smallest absolute Gasteiger partial charge is 0.228 e. The number of carbonyl (C=O) groups excluding carboxylic acids is 1. The van der Waals surface area contributed by atoms with E-state index in [9.17, 15) is 4.79 Å². The Bertz CT molecular complexity index is 851. The molecule has 1 amide bonds. The molecule has 22 heavy (non-hydrogen) atoms. The van der Waals surface area contributed by atoms with Crippen LogP contribution in [-0.4, -0.2) is 5.91 Å². The van der Waals surface area contributed by atoms with Crippen molar-refractivity contribution in [3.63, 3.8) is 0 Å². The van der Waals surface area contributed by atoms with Crippen LogP contribution >= 0.6 is 15.9 Å². The summed E-state index contributed by atoms with van der Waals surface area (Å²) < 4.78 is 6.44. The van der Waals surface area contributed by atoms with Gasteiger partial charge in [0.2, 0.25) is 5.91 Å². The zero-order valence-corrected chi connectivity index (χ0v) is 14.0. The van der Waals surface area contributed by atoms with Crippen molar-refractivity contribution < 1.29 is 9.21 Å². The van der Waals surface area contributed by atoms with E-state index >= 15 is 0 Å². The van der Waals surface area contributed by atoms with Crippen LogP contribution < -0.4 is 5.32 Å². The molecule has 1 heterocycles. The molecule has 1 N–H and O–H groups in total. The van der Waals surface area contributed by atoms with E-state index < -0.39 is 0 Å². The second-order valence-corrected chi connectivity index (χ2v) is 6.25. The van der Waals surface area contributed by atoms with Gasteiger partial charge >= 0.3 is 0 Å². The fourth-order valence-corrected chi connectivity index (χ4v) is 2.79. The van der Waals surface area contributed by atoms with Gasteiger partial charge in [0, 0.05) is 15.4 Å². The van der Waals surface area contributed by atoms with Crippen LogP contribution in [0, 0.1) is 13.8 Å². The molecular formula is C18H16BrNO2. The summed E-state index contributed by atoms with van der Waals surface area (Å²) in [5.74, 6) is -0.0622. The van der Waals surface area contributed by atoms with Crippen molar-refractivity contribution in [3.05, 3.63) is 63.8 Å². The van der Waals surface area contributed by atoms with E-state index in [1.54, 1.807) is 6.26 Å². The Balaban J connectivity index is 1.83. The molecule has 0 atom stereocenters. The van der Waals surface area contributed by atoms with Crippen LogP contribution in [0.2, 0.25) is 0 Å². The number of nitrogens with one attached hydrogen (secondary N) is 1. The number of para-hydroxylation sites is 1. The average molecular weight is 358 g/mol. The minimum atomic E-state index is -0.0622. The third kappa shape index (κ3) is 2.92. The molecule has 2 aromatic carbocycles. The van der Waals surface area contributed by atoms with Gasteiger partial charge in [-0.05, 0) is 65.2 Å². The molecule has 0 unspecified atom stereocenters. The number of amides is 1. The standard InChI is InChI=1S/C18H16BrNO2/c1-11-7-14-13(10-22-17(14)8-12(11)2)9-18(21)20-16-6-4-3-5-15(16)19/h3-8,10H,9H2,1-2H3,(H,20,21). The number of hydrogen-bond donors (Lipinski definition) is 1. The highest BCUT2D eigenvalue weighted by molar-refractivity contribution is 9.10. The van der Waals surface area contributed by atoms with Crippen molar-refractivity contribution >= 4 is 38.5 Å². The Labute approximate surface area is 137 Å². The zero-order valence-electron chi connectivity index (χ0n) is 12.4. The summed E-state index contributed by atoms with van der Waals surface area (Å²) in [5.41, 5.74) is 4.88. The molecule has 1 aromatic heterocycles. The lowest BCUT2D eigenvalue weighted by atomic mass is 10.0. The van der Waals surface area contributed by atoms with Crippen molar-refractivity contribution in [2.24, 2.45) is 0 Å². The number of rotatable bonds is 3. The quantitative estimate of drug-likeness (QED) is 0.716. The van der Waals surface area contributed by atoms with Crippen molar-refractivity contribution in [3.8, 4) is 0 Å². The Kier molecular flexibility index (Phi) is 4.03. The Morgan fingerprint density at radius 3 is 2.68 bits per heavy atom. The molecule has 0 aliphatic heterocycles. The molecule has 0 fully saturated rings. The van der Waals surface area contributed by atoms with Crippen molar-refractivity contribution in [2.45, 2.75) is 20.3 Å². The van der Waals surface area contributed by atoms with E-state index in [0.717, 1.165) is 26.7 Å². The number of halogens is 1. The molecule has 3 nitrogen and oxygen atoms in total. The molecule has 4 heteroatoms. The topological polar surface area (TPSA) is 42.2 Å². The van der Waals surface area contributed by atoms with Crippen molar-refractivity contribution in [1.82, 2.24) is 0 Å². The third-order valence-electron chi connectivity index (χ3n) is 3.77. The maximum Gasteiger partial charge on any atom is 0.228 e. The number of furan rings is 1. The Morgan fingerprint density at radius 1 is 1.18 bits per heavy atom. The SMILES string of the molecule is Cc1cc2occ(CC(=O)Nc3ccccc3Br)c2cc1C. The van der Waals surface area contributed by atoms with Crippen LogP contribution in [0.15, 0.2) is 51.6 Å². The van der Waals surface area contributed by atoms with Gasteiger partial charge in [-0.3, -0.25) is 4.79 Å². The van der Waals surface area contributed by atoms with E-state index in [4.69, 9.17) is 4.42 Å². The normalized spacial score (nSPS) is 10.9. The van der Waals surface area contributed by atoms with Gasteiger partial charge in [-0.2, -0.15) is 0 Å². The van der Waals surface area contributed by atoms with E-state index in [2.05, 4.69) is 41.2 Å². The predicted molar refractivity (Wildman–Crippen MR) is 92.2 cm³/mol. The van der Waals surface area contributed by atoms with E-state index in [1.807, 2.05) is 30.3 Å². The number of fused-ring (bicyclic) bond motifs is 1. The number of anilines is 1. The van der Waals surface area contributed by atoms with Gasteiger partial charge in [-0.1, -0.05) is 12.1 Å². The maximum absolute atomic E-state index is 12.3. The second kappa shape index (κ2) is 5.97. The van der Waals surface area contributed by atoms with Crippen LogP contribution in [0.3, 0.4) is 0 Å². The molecule has 0 aliphatic rings. The third-order valence-corrected chi connectivity index (χ3v) is 4.46. The van der Waals surface area contributed by atoms with E-state index in [-0.39, 0.29) is 12.3 Å². The molecular weight excluding hydrogens is 342 g/mol. The summed E-state index contributed by atoms with van der Waals surface area (Å²) in [6, 6.07) is 11.7. The van der Waals surface area contributed by atoms with Crippen LogP contribution in [0.25, 0.3) is 11.0 Å². The van der Waals surface area contributed by atoms with Crippen molar-refractivity contribution in [1.29, 1.82) is 0 Å².